The van der Waals surface area contributed by atoms with E-state index in [1.165, 1.54) is 49.3 Å². The molecule has 1 aromatic rings. The Morgan fingerprint density at radius 3 is 2.95 bits per heavy atom. The molecule has 0 spiro atoms. The zero-order valence-electron chi connectivity index (χ0n) is 12.7. The summed E-state index contributed by atoms with van der Waals surface area (Å²) in [7, 11) is 1.98. The van der Waals surface area contributed by atoms with Crippen molar-refractivity contribution < 1.29 is 0 Å². The summed E-state index contributed by atoms with van der Waals surface area (Å²) in [6.07, 6.45) is 6.01. The van der Waals surface area contributed by atoms with Gasteiger partial charge in [-0.25, -0.2) is 4.98 Å². The van der Waals surface area contributed by atoms with Gasteiger partial charge in [0, 0.05) is 38.4 Å². The van der Waals surface area contributed by atoms with Crippen molar-refractivity contribution >= 4 is 5.82 Å². The minimum absolute atomic E-state index is 0.746. The maximum absolute atomic E-state index is 4.74. The molecule has 2 fully saturated rings. The van der Waals surface area contributed by atoms with E-state index in [9.17, 15) is 0 Å². The van der Waals surface area contributed by atoms with Crippen LogP contribution >= 0.6 is 0 Å². The summed E-state index contributed by atoms with van der Waals surface area (Å²) in [5.74, 6) is 1.19. The predicted octanol–water partition coefficient (Wildman–Crippen LogP) is 1.78. The first-order valence-electron chi connectivity index (χ1n) is 7.87. The van der Waals surface area contributed by atoms with Gasteiger partial charge in [0.15, 0.2) is 0 Å². The molecule has 3 heterocycles. The number of nitrogens with zero attached hydrogens (tertiary/aromatic N) is 3. The van der Waals surface area contributed by atoms with Crippen molar-refractivity contribution in [1.82, 2.24) is 15.2 Å². The first kappa shape index (κ1) is 13.8. The van der Waals surface area contributed by atoms with E-state index in [2.05, 4.69) is 28.1 Å². The Bertz CT molecular complexity index is 460. The van der Waals surface area contributed by atoms with Crippen LogP contribution in [0.25, 0.3) is 0 Å². The number of aromatic nitrogens is 1. The quantitative estimate of drug-likeness (QED) is 0.910. The molecule has 2 saturated heterocycles. The highest BCUT2D eigenvalue weighted by Crippen LogP contribution is 2.26. The molecule has 0 radical (unpaired) electrons. The number of aryl methyl sites for hydroxylation is 1. The first-order valence-corrected chi connectivity index (χ1v) is 7.87. The summed E-state index contributed by atoms with van der Waals surface area (Å²) in [6, 6.07) is 3.02. The van der Waals surface area contributed by atoms with E-state index in [1.54, 1.807) is 0 Å². The van der Waals surface area contributed by atoms with Crippen LogP contribution in [0, 0.1) is 6.92 Å². The Morgan fingerprint density at radius 2 is 2.15 bits per heavy atom. The Kier molecular flexibility index (Phi) is 4.22. The largest absolute Gasteiger partial charge is 0.355 e. The van der Waals surface area contributed by atoms with E-state index in [1.807, 2.05) is 13.2 Å². The molecule has 0 amide bonds. The van der Waals surface area contributed by atoms with Crippen LogP contribution in [0.3, 0.4) is 0 Å². The van der Waals surface area contributed by atoms with Crippen molar-refractivity contribution in [2.24, 2.45) is 0 Å². The molecule has 4 heteroatoms. The first-order chi connectivity index (χ1) is 9.78. The number of hydrogen-bond acceptors (Lipinski definition) is 4. The van der Waals surface area contributed by atoms with Crippen LogP contribution in [-0.4, -0.2) is 49.2 Å². The molecule has 4 nitrogen and oxygen atoms in total. The zero-order valence-corrected chi connectivity index (χ0v) is 12.7. The monoisotopic (exact) mass is 274 g/mol. The van der Waals surface area contributed by atoms with Gasteiger partial charge in [-0.2, -0.15) is 0 Å². The lowest BCUT2D eigenvalue weighted by Gasteiger charge is -2.27. The van der Waals surface area contributed by atoms with Gasteiger partial charge < -0.3 is 10.2 Å². The SMILES string of the molecule is CNCc1cnc(N2CCCN3CCCC3C2)c(C)c1. The average Bonchev–Trinajstić information content (AvgIpc) is 2.77. The van der Waals surface area contributed by atoms with Crippen LogP contribution in [-0.2, 0) is 6.54 Å². The Balaban J connectivity index is 1.77. The van der Waals surface area contributed by atoms with Crippen molar-refractivity contribution in [2.75, 3.05) is 38.1 Å². The topological polar surface area (TPSA) is 31.4 Å². The molecular weight excluding hydrogens is 248 g/mol. The lowest BCUT2D eigenvalue weighted by molar-refractivity contribution is 0.273. The number of hydrogen-bond donors (Lipinski definition) is 1. The van der Waals surface area contributed by atoms with Crippen LogP contribution in [0.5, 0.6) is 0 Å². The molecule has 1 unspecified atom stereocenters. The van der Waals surface area contributed by atoms with Crippen LogP contribution in [0.15, 0.2) is 12.3 Å². The van der Waals surface area contributed by atoms with Gasteiger partial charge in [-0.3, -0.25) is 4.90 Å². The van der Waals surface area contributed by atoms with E-state index in [0.29, 0.717) is 0 Å². The number of pyridine rings is 1. The van der Waals surface area contributed by atoms with E-state index in [4.69, 9.17) is 4.98 Å². The van der Waals surface area contributed by atoms with Gasteiger partial charge >= 0.3 is 0 Å². The standard InChI is InChI=1S/C16H26N4/c1-13-9-14(10-17-2)11-18-16(13)20-8-4-7-19-6-3-5-15(19)12-20/h9,11,15,17H,3-8,10,12H2,1-2H3. The van der Waals surface area contributed by atoms with E-state index in [0.717, 1.165) is 25.7 Å². The second-order valence-electron chi connectivity index (χ2n) is 6.15. The molecule has 2 aliphatic heterocycles. The number of anilines is 1. The van der Waals surface area contributed by atoms with Crippen molar-refractivity contribution in [1.29, 1.82) is 0 Å². The molecule has 3 rings (SSSR count). The minimum atomic E-state index is 0.746. The molecular formula is C16H26N4. The van der Waals surface area contributed by atoms with Crippen LogP contribution in [0.1, 0.15) is 30.4 Å². The van der Waals surface area contributed by atoms with Gasteiger partial charge in [0.25, 0.3) is 0 Å². The lowest BCUT2D eigenvalue weighted by Crippen LogP contribution is -2.37. The summed E-state index contributed by atoms with van der Waals surface area (Å²) < 4.78 is 0. The average molecular weight is 274 g/mol. The summed E-state index contributed by atoms with van der Waals surface area (Å²) in [4.78, 5) is 9.92. The fourth-order valence-electron chi connectivity index (χ4n) is 3.66. The molecule has 20 heavy (non-hydrogen) atoms. The molecule has 1 aromatic heterocycles. The van der Waals surface area contributed by atoms with Gasteiger partial charge in [-0.15, -0.1) is 0 Å². The highest BCUT2D eigenvalue weighted by molar-refractivity contribution is 5.47. The van der Waals surface area contributed by atoms with E-state index >= 15 is 0 Å². The molecule has 0 saturated carbocycles. The highest BCUT2D eigenvalue weighted by atomic mass is 15.3. The van der Waals surface area contributed by atoms with Gasteiger partial charge in [0.1, 0.15) is 5.82 Å². The van der Waals surface area contributed by atoms with Gasteiger partial charge in [-0.1, -0.05) is 0 Å². The van der Waals surface area contributed by atoms with Gasteiger partial charge in [-0.05, 0) is 57.0 Å². The van der Waals surface area contributed by atoms with Crippen molar-refractivity contribution in [3.05, 3.63) is 23.4 Å². The second kappa shape index (κ2) is 6.10. The normalized spacial score (nSPS) is 23.7. The Morgan fingerprint density at radius 1 is 1.30 bits per heavy atom. The molecule has 0 aromatic carbocycles. The predicted molar refractivity (Wildman–Crippen MR) is 83.2 cm³/mol. The van der Waals surface area contributed by atoms with Crippen LogP contribution < -0.4 is 10.2 Å². The van der Waals surface area contributed by atoms with Gasteiger partial charge in [0.2, 0.25) is 0 Å². The summed E-state index contributed by atoms with van der Waals surface area (Å²) in [6.45, 7) is 7.94. The van der Waals surface area contributed by atoms with E-state index < -0.39 is 0 Å². The summed E-state index contributed by atoms with van der Waals surface area (Å²) >= 11 is 0. The van der Waals surface area contributed by atoms with Crippen molar-refractivity contribution in [2.45, 2.75) is 38.8 Å². The van der Waals surface area contributed by atoms with Crippen molar-refractivity contribution in [3.8, 4) is 0 Å². The third-order valence-corrected chi connectivity index (χ3v) is 4.59. The summed E-state index contributed by atoms with van der Waals surface area (Å²) in [5, 5.41) is 3.19. The fourth-order valence-corrected chi connectivity index (χ4v) is 3.66. The third-order valence-electron chi connectivity index (χ3n) is 4.59. The van der Waals surface area contributed by atoms with Crippen LogP contribution in [0.2, 0.25) is 0 Å². The molecule has 2 aliphatic rings. The van der Waals surface area contributed by atoms with Crippen LogP contribution in [0.4, 0.5) is 5.82 Å². The molecule has 0 aliphatic carbocycles. The minimum Gasteiger partial charge on any atom is -0.355 e. The zero-order chi connectivity index (χ0) is 13.9. The Hall–Kier alpha value is -1.13. The molecule has 110 valence electrons. The molecule has 0 bridgehead atoms. The number of fused-ring (bicyclic) bond motifs is 1. The second-order valence-corrected chi connectivity index (χ2v) is 6.15. The maximum Gasteiger partial charge on any atom is 0.131 e. The highest BCUT2D eigenvalue weighted by Gasteiger charge is 2.29. The fraction of sp³-hybridized carbons (Fsp3) is 0.688. The molecule has 1 N–H and O–H groups in total. The maximum atomic E-state index is 4.74. The van der Waals surface area contributed by atoms with Crippen molar-refractivity contribution in [3.63, 3.8) is 0 Å². The van der Waals surface area contributed by atoms with E-state index in [-0.39, 0.29) is 0 Å². The lowest BCUT2D eigenvalue weighted by atomic mass is 10.1. The number of nitrogens with one attached hydrogen (secondary N) is 1. The van der Waals surface area contributed by atoms with Gasteiger partial charge in [0.05, 0.1) is 0 Å². The summed E-state index contributed by atoms with van der Waals surface area (Å²) in [5.41, 5.74) is 2.58. The molecule has 1 atom stereocenters. The third kappa shape index (κ3) is 2.81. The Labute approximate surface area is 122 Å². The smallest absolute Gasteiger partial charge is 0.131 e. The number of rotatable bonds is 3.